The number of rotatable bonds is 7. The summed E-state index contributed by atoms with van der Waals surface area (Å²) in [4.78, 5) is 15.1. The molecule has 0 aliphatic rings. The van der Waals surface area contributed by atoms with Gasteiger partial charge in [0.25, 0.3) is 0 Å². The van der Waals surface area contributed by atoms with E-state index in [1.54, 1.807) is 18.2 Å². The quantitative estimate of drug-likeness (QED) is 0.718. The van der Waals surface area contributed by atoms with Crippen molar-refractivity contribution in [3.8, 4) is 5.75 Å². The van der Waals surface area contributed by atoms with Gasteiger partial charge in [-0.1, -0.05) is 47.2 Å². The molecule has 0 unspecified atom stereocenters. The standard InChI is InChI=1S/C15H15ClN2O3S/c1-3-6-20-13-5-4-11(7-12(13)16)8-15-17-14(18-21-15)9-22-10(2)19/h3-5,7H,1,6,8-9H2,2H3. The minimum Gasteiger partial charge on any atom is -0.488 e. The van der Waals surface area contributed by atoms with Crippen LogP contribution in [0.25, 0.3) is 0 Å². The summed E-state index contributed by atoms with van der Waals surface area (Å²) >= 11 is 7.30. The number of halogens is 1. The van der Waals surface area contributed by atoms with E-state index < -0.39 is 0 Å². The molecule has 0 atom stereocenters. The van der Waals surface area contributed by atoms with Crippen LogP contribution >= 0.6 is 23.4 Å². The Labute approximate surface area is 137 Å². The zero-order valence-electron chi connectivity index (χ0n) is 12.0. The molecule has 0 spiro atoms. The second-order valence-electron chi connectivity index (χ2n) is 4.43. The molecule has 0 radical (unpaired) electrons. The van der Waals surface area contributed by atoms with Crippen LogP contribution in [0.2, 0.25) is 5.02 Å². The molecule has 116 valence electrons. The van der Waals surface area contributed by atoms with Crippen molar-refractivity contribution in [3.05, 3.63) is 53.2 Å². The van der Waals surface area contributed by atoms with Gasteiger partial charge in [0.05, 0.1) is 17.2 Å². The summed E-state index contributed by atoms with van der Waals surface area (Å²) in [6.45, 7) is 5.49. The molecule has 0 saturated carbocycles. The summed E-state index contributed by atoms with van der Waals surface area (Å²) in [6.07, 6.45) is 2.13. The van der Waals surface area contributed by atoms with Crippen molar-refractivity contribution in [2.45, 2.75) is 19.1 Å². The molecule has 7 heteroatoms. The molecular formula is C15H15ClN2O3S. The molecule has 0 N–H and O–H groups in total. The maximum atomic E-state index is 10.9. The van der Waals surface area contributed by atoms with Crippen molar-refractivity contribution < 1.29 is 14.1 Å². The van der Waals surface area contributed by atoms with Crippen molar-refractivity contribution in [2.75, 3.05) is 6.61 Å². The highest BCUT2D eigenvalue weighted by molar-refractivity contribution is 8.12. The summed E-state index contributed by atoms with van der Waals surface area (Å²) in [5.41, 5.74) is 0.936. The van der Waals surface area contributed by atoms with E-state index in [9.17, 15) is 4.79 Å². The van der Waals surface area contributed by atoms with Gasteiger partial charge < -0.3 is 9.26 Å². The van der Waals surface area contributed by atoms with Crippen LogP contribution in [-0.4, -0.2) is 21.9 Å². The average molecular weight is 339 g/mol. The molecule has 1 aromatic carbocycles. The van der Waals surface area contributed by atoms with Gasteiger partial charge >= 0.3 is 0 Å². The van der Waals surface area contributed by atoms with Crippen molar-refractivity contribution in [3.63, 3.8) is 0 Å². The normalized spacial score (nSPS) is 10.5. The number of thioether (sulfide) groups is 1. The molecule has 2 aromatic rings. The Morgan fingerprint density at radius 2 is 2.36 bits per heavy atom. The van der Waals surface area contributed by atoms with Crippen molar-refractivity contribution in [1.82, 2.24) is 10.1 Å². The van der Waals surface area contributed by atoms with E-state index in [2.05, 4.69) is 16.7 Å². The highest BCUT2D eigenvalue weighted by Gasteiger charge is 2.10. The maximum Gasteiger partial charge on any atom is 0.231 e. The number of carbonyl (C=O) groups excluding carboxylic acids is 1. The predicted molar refractivity (Wildman–Crippen MR) is 86.2 cm³/mol. The number of benzene rings is 1. The first-order valence-electron chi connectivity index (χ1n) is 6.55. The number of nitrogens with zero attached hydrogens (tertiary/aromatic N) is 2. The summed E-state index contributed by atoms with van der Waals surface area (Å²) in [7, 11) is 0. The van der Waals surface area contributed by atoms with Gasteiger partial charge in [0.15, 0.2) is 10.9 Å². The van der Waals surface area contributed by atoms with Gasteiger partial charge in [-0.3, -0.25) is 4.79 Å². The lowest BCUT2D eigenvalue weighted by molar-refractivity contribution is -0.109. The SMILES string of the molecule is C=CCOc1ccc(Cc2nc(CSC(C)=O)no2)cc1Cl. The predicted octanol–water partition coefficient (Wildman–Crippen LogP) is 3.66. The van der Waals surface area contributed by atoms with Gasteiger partial charge in [-0.2, -0.15) is 4.98 Å². The first kappa shape index (κ1) is 16.6. The molecule has 0 saturated heterocycles. The summed E-state index contributed by atoms with van der Waals surface area (Å²) in [6, 6.07) is 5.48. The number of carbonyl (C=O) groups is 1. The van der Waals surface area contributed by atoms with Crippen molar-refractivity contribution in [1.29, 1.82) is 0 Å². The first-order chi connectivity index (χ1) is 10.6. The molecule has 0 amide bonds. The molecule has 5 nitrogen and oxygen atoms in total. The van der Waals surface area contributed by atoms with Gasteiger partial charge in [0, 0.05) is 6.92 Å². The van der Waals surface area contributed by atoms with Crippen LogP contribution in [0.5, 0.6) is 5.75 Å². The van der Waals surface area contributed by atoms with Gasteiger partial charge in [-0.15, -0.1) is 0 Å². The summed E-state index contributed by atoms with van der Waals surface area (Å²) in [5.74, 6) is 2.00. The van der Waals surface area contributed by atoms with E-state index in [1.807, 2.05) is 6.07 Å². The van der Waals surface area contributed by atoms with E-state index in [1.165, 1.54) is 6.92 Å². The van der Waals surface area contributed by atoms with E-state index in [0.717, 1.165) is 17.3 Å². The fourth-order valence-corrected chi connectivity index (χ4v) is 2.39. The second kappa shape index (κ2) is 8.00. The van der Waals surface area contributed by atoms with Crippen LogP contribution < -0.4 is 4.74 Å². The number of aromatic nitrogens is 2. The van der Waals surface area contributed by atoms with Crippen molar-refractivity contribution >= 4 is 28.5 Å². The molecule has 1 heterocycles. The third kappa shape index (κ3) is 4.89. The van der Waals surface area contributed by atoms with E-state index >= 15 is 0 Å². The Hall–Kier alpha value is -1.79. The lowest BCUT2D eigenvalue weighted by atomic mass is 10.1. The zero-order chi connectivity index (χ0) is 15.9. The molecule has 0 fully saturated rings. The Bertz CT molecular complexity index is 673. The minimum atomic E-state index is 0.0215. The molecule has 1 aromatic heterocycles. The van der Waals surface area contributed by atoms with Crippen LogP contribution in [-0.2, 0) is 17.0 Å². The van der Waals surface area contributed by atoms with E-state index in [0.29, 0.717) is 41.3 Å². The fraction of sp³-hybridized carbons (Fsp3) is 0.267. The zero-order valence-corrected chi connectivity index (χ0v) is 13.6. The fourth-order valence-electron chi connectivity index (χ4n) is 1.68. The first-order valence-corrected chi connectivity index (χ1v) is 7.91. The van der Waals surface area contributed by atoms with E-state index in [4.69, 9.17) is 20.9 Å². The topological polar surface area (TPSA) is 65.2 Å². The van der Waals surface area contributed by atoms with Crippen LogP contribution in [0.4, 0.5) is 0 Å². The maximum absolute atomic E-state index is 10.9. The van der Waals surface area contributed by atoms with Crippen LogP contribution in [0.3, 0.4) is 0 Å². The Morgan fingerprint density at radius 3 is 3.05 bits per heavy atom. The highest BCUT2D eigenvalue weighted by atomic mass is 35.5. The lowest BCUT2D eigenvalue weighted by Gasteiger charge is -2.06. The highest BCUT2D eigenvalue weighted by Crippen LogP contribution is 2.26. The molecule has 2 rings (SSSR count). The van der Waals surface area contributed by atoms with Crippen molar-refractivity contribution in [2.24, 2.45) is 0 Å². The Morgan fingerprint density at radius 1 is 1.55 bits per heavy atom. The Kier molecular flexibility index (Phi) is 6.03. The summed E-state index contributed by atoms with van der Waals surface area (Å²) in [5, 5.41) is 4.38. The van der Waals surface area contributed by atoms with Gasteiger partial charge in [-0.05, 0) is 17.7 Å². The van der Waals surface area contributed by atoms with Gasteiger partial charge in [-0.25, -0.2) is 0 Å². The third-order valence-electron chi connectivity index (χ3n) is 2.62. The molecule has 22 heavy (non-hydrogen) atoms. The molecule has 0 aliphatic heterocycles. The summed E-state index contributed by atoms with van der Waals surface area (Å²) < 4.78 is 10.6. The lowest BCUT2D eigenvalue weighted by Crippen LogP contribution is -1.95. The van der Waals surface area contributed by atoms with E-state index in [-0.39, 0.29) is 5.12 Å². The number of hydrogen-bond donors (Lipinski definition) is 0. The molecular weight excluding hydrogens is 324 g/mol. The molecule has 0 bridgehead atoms. The van der Waals surface area contributed by atoms with Crippen LogP contribution in [0.1, 0.15) is 24.2 Å². The second-order valence-corrected chi connectivity index (χ2v) is 5.99. The largest absolute Gasteiger partial charge is 0.488 e. The molecule has 0 aliphatic carbocycles. The smallest absolute Gasteiger partial charge is 0.231 e. The minimum absolute atomic E-state index is 0.0215. The number of hydrogen-bond acceptors (Lipinski definition) is 6. The van der Waals surface area contributed by atoms with Crippen LogP contribution in [0.15, 0.2) is 35.4 Å². The number of ether oxygens (including phenoxy) is 1. The third-order valence-corrected chi connectivity index (χ3v) is 3.73. The van der Waals surface area contributed by atoms with Gasteiger partial charge in [0.2, 0.25) is 5.89 Å². The average Bonchev–Trinajstić information content (AvgIpc) is 2.92. The Balaban J connectivity index is 2.00. The monoisotopic (exact) mass is 338 g/mol. The van der Waals surface area contributed by atoms with Gasteiger partial charge in [0.1, 0.15) is 12.4 Å². The van der Waals surface area contributed by atoms with Crippen LogP contribution in [0, 0.1) is 0 Å².